The number of hydrogen-bond acceptors (Lipinski definition) is 3. The number of halogens is 1. The van der Waals surface area contributed by atoms with E-state index < -0.39 is 0 Å². The molecule has 1 aromatic rings. The summed E-state index contributed by atoms with van der Waals surface area (Å²) in [5.41, 5.74) is 1.06. The molecule has 1 aromatic carbocycles. The van der Waals surface area contributed by atoms with E-state index in [1.807, 2.05) is 31.2 Å². The van der Waals surface area contributed by atoms with Gasteiger partial charge in [0.05, 0.1) is 7.11 Å². The highest BCUT2D eigenvalue weighted by Gasteiger charge is 2.02. The maximum Gasteiger partial charge on any atom is 0.331 e. The highest BCUT2D eigenvalue weighted by atomic mass is 35.5. The van der Waals surface area contributed by atoms with Gasteiger partial charge in [0.25, 0.3) is 0 Å². The van der Waals surface area contributed by atoms with E-state index in [0.717, 1.165) is 5.56 Å². The van der Waals surface area contributed by atoms with Crippen LogP contribution in [0.1, 0.15) is 18.5 Å². The molecule has 16 heavy (non-hydrogen) atoms. The summed E-state index contributed by atoms with van der Waals surface area (Å²) in [4.78, 5) is 10.8. The van der Waals surface area contributed by atoms with Gasteiger partial charge in [-0.3, -0.25) is 0 Å². The number of esters is 1. The topological polar surface area (TPSA) is 38.3 Å². The summed E-state index contributed by atoms with van der Waals surface area (Å²) >= 11 is 5.88. The van der Waals surface area contributed by atoms with Crippen LogP contribution in [0, 0.1) is 0 Å². The minimum Gasteiger partial charge on any atom is -0.466 e. The van der Waals surface area contributed by atoms with Crippen molar-refractivity contribution in [3.8, 4) is 0 Å². The average Bonchev–Trinajstić information content (AvgIpc) is 2.28. The standard InChI is InChI=1S/C12H14ClNO2/c1-9(14-7-6-12(15)16-2)10-4-3-5-11(13)8-10/h3-9,14H,1-2H3/b7-6+/t9-/m1/s1. The summed E-state index contributed by atoms with van der Waals surface area (Å²) in [6, 6.07) is 7.64. The molecule has 0 saturated carbocycles. The Morgan fingerprint density at radius 2 is 2.31 bits per heavy atom. The van der Waals surface area contributed by atoms with Gasteiger partial charge in [-0.1, -0.05) is 23.7 Å². The van der Waals surface area contributed by atoms with Gasteiger partial charge in [-0.05, 0) is 24.6 Å². The fourth-order valence-corrected chi connectivity index (χ4v) is 1.40. The summed E-state index contributed by atoms with van der Waals surface area (Å²) in [7, 11) is 1.34. The molecule has 0 heterocycles. The summed E-state index contributed by atoms with van der Waals surface area (Å²) in [6.07, 6.45) is 2.90. The zero-order valence-electron chi connectivity index (χ0n) is 9.24. The molecule has 4 heteroatoms. The van der Waals surface area contributed by atoms with E-state index >= 15 is 0 Å². The van der Waals surface area contributed by atoms with Crippen LogP contribution in [0.25, 0.3) is 0 Å². The van der Waals surface area contributed by atoms with Crippen molar-refractivity contribution in [3.63, 3.8) is 0 Å². The fraction of sp³-hybridized carbons (Fsp3) is 0.250. The first-order valence-electron chi connectivity index (χ1n) is 4.89. The third-order valence-electron chi connectivity index (χ3n) is 2.12. The highest BCUT2D eigenvalue weighted by Crippen LogP contribution is 2.16. The zero-order chi connectivity index (χ0) is 12.0. The molecule has 0 unspecified atom stereocenters. The Hall–Kier alpha value is -1.48. The molecule has 0 aliphatic rings. The minimum atomic E-state index is -0.384. The van der Waals surface area contributed by atoms with Crippen molar-refractivity contribution in [2.75, 3.05) is 7.11 Å². The third kappa shape index (κ3) is 3.95. The minimum absolute atomic E-state index is 0.0830. The number of ether oxygens (including phenoxy) is 1. The normalized spacial score (nSPS) is 12.4. The third-order valence-corrected chi connectivity index (χ3v) is 2.35. The molecule has 0 aliphatic heterocycles. The Balaban J connectivity index is 2.56. The van der Waals surface area contributed by atoms with E-state index in [2.05, 4.69) is 10.1 Å². The van der Waals surface area contributed by atoms with Crippen LogP contribution in [0.15, 0.2) is 36.5 Å². The zero-order valence-corrected chi connectivity index (χ0v) is 9.99. The lowest BCUT2D eigenvalue weighted by molar-refractivity contribution is -0.134. The second-order valence-electron chi connectivity index (χ2n) is 3.30. The molecule has 86 valence electrons. The first kappa shape index (κ1) is 12.6. The van der Waals surface area contributed by atoms with E-state index in [4.69, 9.17) is 11.6 Å². The molecule has 3 nitrogen and oxygen atoms in total. The summed E-state index contributed by atoms with van der Waals surface area (Å²) in [6.45, 7) is 1.98. The van der Waals surface area contributed by atoms with E-state index in [0.29, 0.717) is 5.02 Å². The van der Waals surface area contributed by atoms with Crippen molar-refractivity contribution >= 4 is 17.6 Å². The van der Waals surface area contributed by atoms with Crippen LogP contribution in [0.2, 0.25) is 5.02 Å². The van der Waals surface area contributed by atoms with Crippen LogP contribution in [0.5, 0.6) is 0 Å². The van der Waals surface area contributed by atoms with Crippen molar-refractivity contribution < 1.29 is 9.53 Å². The van der Waals surface area contributed by atoms with Crippen LogP contribution in [0.4, 0.5) is 0 Å². The lowest BCUT2D eigenvalue weighted by Gasteiger charge is -2.12. The van der Waals surface area contributed by atoms with Gasteiger partial charge in [-0.25, -0.2) is 4.79 Å². The van der Waals surface area contributed by atoms with Crippen LogP contribution >= 0.6 is 11.6 Å². The largest absolute Gasteiger partial charge is 0.466 e. The molecule has 1 rings (SSSR count). The maximum absolute atomic E-state index is 10.8. The Kier molecular flexibility index (Phi) is 4.86. The molecule has 0 fully saturated rings. The van der Waals surface area contributed by atoms with Gasteiger partial charge in [0.1, 0.15) is 0 Å². The Morgan fingerprint density at radius 3 is 2.94 bits per heavy atom. The molecule has 0 aromatic heterocycles. The molecule has 1 atom stereocenters. The van der Waals surface area contributed by atoms with Gasteiger partial charge in [-0.2, -0.15) is 0 Å². The van der Waals surface area contributed by atoms with E-state index in [1.54, 1.807) is 6.20 Å². The van der Waals surface area contributed by atoms with Crippen molar-refractivity contribution in [1.29, 1.82) is 0 Å². The number of carbonyl (C=O) groups is 1. The second-order valence-corrected chi connectivity index (χ2v) is 3.74. The van der Waals surface area contributed by atoms with Crippen LogP contribution in [0.3, 0.4) is 0 Å². The van der Waals surface area contributed by atoms with Gasteiger partial charge >= 0.3 is 5.97 Å². The number of carbonyl (C=O) groups excluding carboxylic acids is 1. The van der Waals surface area contributed by atoms with Crippen LogP contribution < -0.4 is 5.32 Å². The van der Waals surface area contributed by atoms with Crippen LogP contribution in [-0.2, 0) is 9.53 Å². The predicted molar refractivity (Wildman–Crippen MR) is 64.2 cm³/mol. The molecule has 0 saturated heterocycles. The number of rotatable bonds is 4. The second kappa shape index (κ2) is 6.18. The molecule has 0 aliphatic carbocycles. The van der Waals surface area contributed by atoms with E-state index in [-0.39, 0.29) is 12.0 Å². The summed E-state index contributed by atoms with van der Waals surface area (Å²) < 4.78 is 4.47. The summed E-state index contributed by atoms with van der Waals surface area (Å²) in [5, 5.41) is 3.75. The molecule has 1 N–H and O–H groups in total. The lowest BCUT2D eigenvalue weighted by Crippen LogP contribution is -2.12. The van der Waals surface area contributed by atoms with Gasteiger partial charge < -0.3 is 10.1 Å². The van der Waals surface area contributed by atoms with E-state index in [9.17, 15) is 4.79 Å². The van der Waals surface area contributed by atoms with Crippen LogP contribution in [-0.4, -0.2) is 13.1 Å². The van der Waals surface area contributed by atoms with Crippen molar-refractivity contribution in [2.24, 2.45) is 0 Å². The smallest absolute Gasteiger partial charge is 0.331 e. The first-order valence-corrected chi connectivity index (χ1v) is 5.27. The lowest BCUT2D eigenvalue weighted by atomic mass is 10.1. The molecule has 0 radical (unpaired) electrons. The fourth-order valence-electron chi connectivity index (χ4n) is 1.20. The van der Waals surface area contributed by atoms with Crippen molar-refractivity contribution in [3.05, 3.63) is 47.1 Å². The maximum atomic E-state index is 10.8. The molecular weight excluding hydrogens is 226 g/mol. The van der Waals surface area contributed by atoms with Gasteiger partial charge in [0.2, 0.25) is 0 Å². The Morgan fingerprint density at radius 1 is 1.56 bits per heavy atom. The Bertz CT molecular complexity index is 390. The quantitative estimate of drug-likeness (QED) is 0.649. The van der Waals surface area contributed by atoms with Gasteiger partial charge in [-0.15, -0.1) is 0 Å². The summed E-state index contributed by atoms with van der Waals surface area (Å²) in [5.74, 6) is -0.384. The number of methoxy groups -OCH3 is 1. The molecule has 0 spiro atoms. The van der Waals surface area contributed by atoms with Gasteiger partial charge in [0.15, 0.2) is 0 Å². The number of hydrogen-bond donors (Lipinski definition) is 1. The van der Waals surface area contributed by atoms with Gasteiger partial charge in [0, 0.05) is 23.3 Å². The SMILES string of the molecule is COC(=O)/C=C/N[C@H](C)c1cccc(Cl)c1. The van der Waals surface area contributed by atoms with Crippen molar-refractivity contribution in [2.45, 2.75) is 13.0 Å². The van der Waals surface area contributed by atoms with E-state index in [1.165, 1.54) is 13.2 Å². The molecule has 0 bridgehead atoms. The number of benzene rings is 1. The Labute approximate surface area is 100 Å². The molecular formula is C12H14ClNO2. The predicted octanol–water partition coefficient (Wildman–Crippen LogP) is 2.68. The average molecular weight is 240 g/mol. The molecule has 0 amide bonds. The number of nitrogens with one attached hydrogen (secondary N) is 1. The highest BCUT2D eigenvalue weighted by molar-refractivity contribution is 6.30. The van der Waals surface area contributed by atoms with Crippen molar-refractivity contribution in [1.82, 2.24) is 5.32 Å². The first-order chi connectivity index (χ1) is 7.63. The monoisotopic (exact) mass is 239 g/mol.